The van der Waals surface area contributed by atoms with E-state index < -0.39 is 0 Å². The van der Waals surface area contributed by atoms with E-state index >= 15 is 0 Å². The molecule has 0 atom stereocenters. The minimum absolute atomic E-state index is 0.897. The van der Waals surface area contributed by atoms with Crippen molar-refractivity contribution >= 4 is 38.6 Å². The standard InChI is InChI=1S/C44H29NO/c1-2-17-34(18-3-1)45(41-24-8-6-21-38(41)37-23-11-14-30-13-4-5-20-36(30)37)35-19-10-15-31(28-35)33-27-32-16-12-26-43-44(32)40(29-33)39-22-7-9-25-42(39)46-43/h1-29H. The van der Waals surface area contributed by atoms with Crippen molar-refractivity contribution in [3.63, 3.8) is 0 Å². The number of hydrogen-bond acceptors (Lipinski definition) is 2. The summed E-state index contributed by atoms with van der Waals surface area (Å²) in [6, 6.07) is 62.8. The Morgan fingerprint density at radius 2 is 1.02 bits per heavy atom. The fourth-order valence-corrected chi connectivity index (χ4v) is 6.94. The molecule has 0 unspecified atom stereocenters. The van der Waals surface area contributed by atoms with Crippen molar-refractivity contribution in [1.29, 1.82) is 0 Å². The first kappa shape index (κ1) is 26.3. The number of para-hydroxylation sites is 3. The number of anilines is 3. The zero-order chi connectivity index (χ0) is 30.5. The van der Waals surface area contributed by atoms with E-state index in [4.69, 9.17) is 4.74 Å². The van der Waals surface area contributed by atoms with E-state index in [1.807, 2.05) is 6.07 Å². The smallest absolute Gasteiger partial charge is 0.135 e. The van der Waals surface area contributed by atoms with Gasteiger partial charge in [0.15, 0.2) is 0 Å². The van der Waals surface area contributed by atoms with Gasteiger partial charge < -0.3 is 9.64 Å². The lowest BCUT2D eigenvalue weighted by Crippen LogP contribution is -2.11. The van der Waals surface area contributed by atoms with Gasteiger partial charge in [0.1, 0.15) is 11.5 Å². The quantitative estimate of drug-likeness (QED) is 0.199. The minimum atomic E-state index is 0.897. The van der Waals surface area contributed by atoms with Crippen LogP contribution in [-0.2, 0) is 0 Å². The van der Waals surface area contributed by atoms with Gasteiger partial charge in [0, 0.05) is 27.9 Å². The average Bonchev–Trinajstić information content (AvgIpc) is 3.12. The maximum Gasteiger partial charge on any atom is 0.135 e. The molecule has 0 amide bonds. The SMILES string of the molecule is c1ccc(N(c2cccc(-c3cc4c5c(cccc5c3)Oc3ccccc3-4)c2)c2ccccc2-c2cccc3ccccc23)cc1. The molecule has 0 saturated carbocycles. The van der Waals surface area contributed by atoms with Crippen LogP contribution in [0, 0.1) is 0 Å². The first-order valence-electron chi connectivity index (χ1n) is 15.7. The summed E-state index contributed by atoms with van der Waals surface area (Å²) >= 11 is 0. The Kier molecular flexibility index (Phi) is 6.17. The van der Waals surface area contributed by atoms with Crippen LogP contribution in [-0.4, -0.2) is 0 Å². The highest BCUT2D eigenvalue weighted by Gasteiger charge is 2.22. The highest BCUT2D eigenvalue weighted by Crippen LogP contribution is 2.48. The molecule has 1 aliphatic heterocycles. The topological polar surface area (TPSA) is 12.5 Å². The van der Waals surface area contributed by atoms with Gasteiger partial charge in [-0.15, -0.1) is 0 Å². The Balaban J connectivity index is 1.24. The van der Waals surface area contributed by atoms with Gasteiger partial charge in [0.05, 0.1) is 5.69 Å². The summed E-state index contributed by atoms with van der Waals surface area (Å²) in [6.45, 7) is 0. The lowest BCUT2D eigenvalue weighted by Gasteiger charge is -2.28. The summed E-state index contributed by atoms with van der Waals surface area (Å²) in [5.74, 6) is 1.81. The third-order valence-electron chi connectivity index (χ3n) is 9.01. The number of fused-ring (bicyclic) bond motifs is 3. The number of hydrogen-bond donors (Lipinski definition) is 0. The maximum atomic E-state index is 6.31. The van der Waals surface area contributed by atoms with Crippen LogP contribution in [0.5, 0.6) is 11.5 Å². The van der Waals surface area contributed by atoms with Gasteiger partial charge in [-0.05, 0) is 93.0 Å². The van der Waals surface area contributed by atoms with Crippen molar-refractivity contribution in [3.05, 3.63) is 176 Å². The Labute approximate surface area is 268 Å². The molecule has 8 aromatic carbocycles. The van der Waals surface area contributed by atoms with Gasteiger partial charge in [-0.3, -0.25) is 0 Å². The maximum absolute atomic E-state index is 6.31. The molecule has 0 radical (unpaired) electrons. The van der Waals surface area contributed by atoms with Gasteiger partial charge in [0.2, 0.25) is 0 Å². The molecule has 0 aromatic heterocycles. The predicted molar refractivity (Wildman–Crippen MR) is 193 cm³/mol. The summed E-state index contributed by atoms with van der Waals surface area (Å²) in [5, 5.41) is 4.81. The molecular weight excluding hydrogens is 558 g/mol. The van der Waals surface area contributed by atoms with E-state index in [2.05, 4.69) is 175 Å². The zero-order valence-electron chi connectivity index (χ0n) is 25.1. The number of nitrogens with zero attached hydrogens (tertiary/aromatic N) is 1. The van der Waals surface area contributed by atoms with Crippen LogP contribution in [0.2, 0.25) is 0 Å². The lowest BCUT2D eigenvalue weighted by atomic mass is 9.90. The van der Waals surface area contributed by atoms with E-state index in [0.29, 0.717) is 0 Å². The molecule has 0 bridgehead atoms. The highest BCUT2D eigenvalue weighted by atomic mass is 16.5. The van der Waals surface area contributed by atoms with Crippen molar-refractivity contribution in [2.75, 3.05) is 4.90 Å². The van der Waals surface area contributed by atoms with Gasteiger partial charge in [-0.2, -0.15) is 0 Å². The van der Waals surface area contributed by atoms with Gasteiger partial charge in [-0.25, -0.2) is 0 Å². The molecule has 2 heteroatoms. The molecule has 46 heavy (non-hydrogen) atoms. The molecule has 0 saturated heterocycles. The van der Waals surface area contributed by atoms with Gasteiger partial charge >= 0.3 is 0 Å². The second kappa shape index (κ2) is 10.8. The van der Waals surface area contributed by atoms with Crippen LogP contribution in [0.3, 0.4) is 0 Å². The average molecular weight is 588 g/mol. The fraction of sp³-hybridized carbons (Fsp3) is 0. The highest BCUT2D eigenvalue weighted by molar-refractivity contribution is 6.07. The number of rotatable bonds is 5. The molecule has 8 aromatic rings. The Morgan fingerprint density at radius 1 is 0.370 bits per heavy atom. The second-order valence-corrected chi connectivity index (χ2v) is 11.7. The summed E-state index contributed by atoms with van der Waals surface area (Å²) in [5.41, 5.74) is 10.4. The third kappa shape index (κ3) is 4.35. The monoisotopic (exact) mass is 587 g/mol. The van der Waals surface area contributed by atoms with E-state index in [1.165, 1.54) is 38.4 Å². The molecule has 2 nitrogen and oxygen atoms in total. The number of benzene rings is 8. The van der Waals surface area contributed by atoms with Crippen LogP contribution < -0.4 is 9.64 Å². The van der Waals surface area contributed by atoms with Crippen LogP contribution in [0.15, 0.2) is 176 Å². The van der Waals surface area contributed by atoms with E-state index in [9.17, 15) is 0 Å². The Bertz CT molecular complexity index is 2400. The van der Waals surface area contributed by atoms with Gasteiger partial charge in [0.25, 0.3) is 0 Å². The zero-order valence-corrected chi connectivity index (χ0v) is 25.1. The largest absolute Gasteiger partial charge is 0.456 e. The second-order valence-electron chi connectivity index (χ2n) is 11.7. The van der Waals surface area contributed by atoms with Crippen LogP contribution in [0.1, 0.15) is 0 Å². The van der Waals surface area contributed by atoms with Crippen LogP contribution in [0.25, 0.3) is 54.9 Å². The first-order valence-corrected chi connectivity index (χ1v) is 15.7. The van der Waals surface area contributed by atoms with Crippen molar-refractivity contribution in [3.8, 4) is 44.9 Å². The Morgan fingerprint density at radius 3 is 1.96 bits per heavy atom. The van der Waals surface area contributed by atoms with Crippen molar-refractivity contribution in [2.45, 2.75) is 0 Å². The molecule has 1 aliphatic rings. The summed E-state index contributed by atoms with van der Waals surface area (Å²) in [4.78, 5) is 2.38. The molecular formula is C44H29NO. The predicted octanol–water partition coefficient (Wildman–Crippen LogP) is 12.6. The molecule has 0 fully saturated rings. The summed E-state index contributed by atoms with van der Waals surface area (Å²) in [6.07, 6.45) is 0. The van der Waals surface area contributed by atoms with E-state index in [-0.39, 0.29) is 0 Å². The van der Waals surface area contributed by atoms with Crippen molar-refractivity contribution in [2.24, 2.45) is 0 Å². The summed E-state index contributed by atoms with van der Waals surface area (Å²) < 4.78 is 6.31. The van der Waals surface area contributed by atoms with Gasteiger partial charge in [-0.1, -0.05) is 121 Å². The summed E-state index contributed by atoms with van der Waals surface area (Å²) in [7, 11) is 0. The van der Waals surface area contributed by atoms with E-state index in [1.54, 1.807) is 0 Å². The number of ether oxygens (including phenoxy) is 1. The van der Waals surface area contributed by atoms with Crippen molar-refractivity contribution < 1.29 is 4.74 Å². The molecule has 0 N–H and O–H groups in total. The molecule has 0 aliphatic carbocycles. The normalized spacial score (nSPS) is 11.7. The molecule has 1 heterocycles. The van der Waals surface area contributed by atoms with Crippen molar-refractivity contribution in [1.82, 2.24) is 0 Å². The molecule has 0 spiro atoms. The molecule has 216 valence electrons. The van der Waals surface area contributed by atoms with E-state index in [0.717, 1.165) is 45.1 Å². The minimum Gasteiger partial charge on any atom is -0.456 e. The Hall–Kier alpha value is -6.12. The first-order chi connectivity index (χ1) is 22.8. The van der Waals surface area contributed by atoms with Crippen LogP contribution >= 0.6 is 0 Å². The lowest BCUT2D eigenvalue weighted by molar-refractivity contribution is 0.487. The molecule has 9 rings (SSSR count). The third-order valence-corrected chi connectivity index (χ3v) is 9.01. The van der Waals surface area contributed by atoms with Crippen LogP contribution in [0.4, 0.5) is 17.1 Å². The fourth-order valence-electron chi connectivity index (χ4n) is 6.94.